The number of thiocarbonyl (C=S) groups is 1. The summed E-state index contributed by atoms with van der Waals surface area (Å²) in [6.45, 7) is 3.11. The van der Waals surface area contributed by atoms with E-state index in [-0.39, 0.29) is 28.3 Å². The van der Waals surface area contributed by atoms with E-state index in [0.29, 0.717) is 15.6 Å². The molecule has 1 N–H and O–H groups in total. The smallest absolute Gasteiger partial charge is 0.260 e. The second-order valence-electron chi connectivity index (χ2n) is 6.47. The third-order valence-corrected chi connectivity index (χ3v) is 6.33. The van der Waals surface area contributed by atoms with E-state index in [1.165, 1.54) is 15.7 Å². The maximum absolute atomic E-state index is 12.9. The lowest BCUT2D eigenvalue weighted by Gasteiger charge is -2.32. The Labute approximate surface area is 195 Å². The number of carbonyl (C=O) groups excluding carboxylic acids is 2. The second kappa shape index (κ2) is 11.5. The Hall–Kier alpha value is -0.870. The topological polar surface area (TPSA) is 55.9 Å². The first-order chi connectivity index (χ1) is 13.7. The summed E-state index contributed by atoms with van der Waals surface area (Å²) in [6, 6.07) is 3.17. The predicted octanol–water partition coefficient (Wildman–Crippen LogP) is 3.42. The van der Waals surface area contributed by atoms with Crippen molar-refractivity contribution in [2.45, 2.75) is 0 Å². The van der Waals surface area contributed by atoms with Crippen LogP contribution in [-0.2, 0) is 9.59 Å². The van der Waals surface area contributed by atoms with E-state index in [0.717, 1.165) is 37.9 Å². The van der Waals surface area contributed by atoms with Gasteiger partial charge in [0.05, 0.1) is 15.0 Å². The van der Waals surface area contributed by atoms with Gasteiger partial charge in [0.15, 0.2) is 0 Å². The zero-order chi connectivity index (χ0) is 21.6. The first kappa shape index (κ1) is 24.4. The number of thioether (sulfide) groups is 1. The summed E-state index contributed by atoms with van der Waals surface area (Å²) in [4.78, 5) is 29.0. The Kier molecular flexibility index (Phi) is 9.68. The van der Waals surface area contributed by atoms with Crippen molar-refractivity contribution in [1.82, 2.24) is 20.2 Å². The number of piperazine rings is 1. The fourth-order valence-electron chi connectivity index (χ4n) is 2.61. The van der Waals surface area contributed by atoms with Gasteiger partial charge >= 0.3 is 0 Å². The Morgan fingerprint density at radius 1 is 1.21 bits per heavy atom. The second-order valence-corrected chi connectivity index (χ2v) is 9.10. The minimum atomic E-state index is -0.378. The largest absolute Gasteiger partial charge is 0.332 e. The van der Waals surface area contributed by atoms with Crippen molar-refractivity contribution in [2.24, 2.45) is 0 Å². The number of likely N-dealkylation sites (N-methyl/N-ethyl adjacent to an activating group) is 2. The van der Waals surface area contributed by atoms with Crippen LogP contribution in [0.15, 0.2) is 17.0 Å². The van der Waals surface area contributed by atoms with Gasteiger partial charge in [0.2, 0.25) is 0 Å². The van der Waals surface area contributed by atoms with E-state index in [4.69, 9.17) is 47.0 Å². The summed E-state index contributed by atoms with van der Waals surface area (Å²) in [5, 5.41) is 2.77. The van der Waals surface area contributed by atoms with Gasteiger partial charge in [-0.3, -0.25) is 15.0 Å². The highest BCUT2D eigenvalue weighted by atomic mass is 35.5. The van der Waals surface area contributed by atoms with Crippen LogP contribution in [0.3, 0.4) is 0 Å². The molecule has 11 heteroatoms. The summed E-state index contributed by atoms with van der Waals surface area (Å²) in [6.07, 6.45) is 1.53. The molecule has 1 aromatic carbocycles. The van der Waals surface area contributed by atoms with Gasteiger partial charge in [0.25, 0.3) is 11.8 Å². The molecular formula is C18H21Cl3N4O2S2. The molecular weight excluding hydrogens is 475 g/mol. The highest BCUT2D eigenvalue weighted by molar-refractivity contribution is 8.24. The molecule has 1 aliphatic heterocycles. The summed E-state index contributed by atoms with van der Waals surface area (Å²) in [5.41, 5.74) is 3.25. The molecule has 158 valence electrons. The zero-order valence-corrected chi connectivity index (χ0v) is 19.9. The molecule has 0 aromatic heterocycles. The van der Waals surface area contributed by atoms with Gasteiger partial charge in [-0.05, 0) is 25.3 Å². The van der Waals surface area contributed by atoms with E-state index in [2.05, 4.69) is 10.3 Å². The molecule has 1 fully saturated rings. The summed E-state index contributed by atoms with van der Waals surface area (Å²) in [5.74, 6) is -0.646. The van der Waals surface area contributed by atoms with Crippen LogP contribution in [0.25, 0.3) is 6.08 Å². The zero-order valence-electron chi connectivity index (χ0n) is 16.0. The van der Waals surface area contributed by atoms with Crippen LogP contribution >= 0.6 is 58.8 Å². The molecule has 1 saturated heterocycles. The molecule has 0 aliphatic carbocycles. The number of hydrogen-bond donors (Lipinski definition) is 1. The Morgan fingerprint density at radius 3 is 2.45 bits per heavy atom. The van der Waals surface area contributed by atoms with Crippen LogP contribution in [0.4, 0.5) is 0 Å². The molecule has 1 heterocycles. The normalized spacial score (nSPS) is 15.8. The van der Waals surface area contributed by atoms with Crippen LogP contribution in [-0.4, -0.2) is 78.1 Å². The number of nitrogens with zero attached hydrogens (tertiary/aromatic N) is 3. The van der Waals surface area contributed by atoms with Gasteiger partial charge in [-0.1, -0.05) is 58.8 Å². The molecule has 2 amide bonds. The summed E-state index contributed by atoms with van der Waals surface area (Å²) < 4.78 is 1.36. The minimum Gasteiger partial charge on any atom is -0.332 e. The predicted molar refractivity (Wildman–Crippen MR) is 126 cm³/mol. The van der Waals surface area contributed by atoms with Crippen molar-refractivity contribution in [1.29, 1.82) is 0 Å². The minimum absolute atomic E-state index is 0.0997. The van der Waals surface area contributed by atoms with Crippen molar-refractivity contribution in [3.8, 4) is 0 Å². The molecule has 0 radical (unpaired) electrons. The Morgan fingerprint density at radius 2 is 1.83 bits per heavy atom. The average Bonchev–Trinajstić information content (AvgIpc) is 2.68. The molecule has 0 spiro atoms. The number of benzene rings is 1. The molecule has 0 bridgehead atoms. The molecule has 6 nitrogen and oxygen atoms in total. The third-order valence-electron chi connectivity index (χ3n) is 4.25. The number of rotatable bonds is 7. The Bertz CT molecular complexity index is 815. The van der Waals surface area contributed by atoms with E-state index in [1.54, 1.807) is 19.2 Å². The average molecular weight is 496 g/mol. The van der Waals surface area contributed by atoms with Crippen molar-refractivity contribution in [3.05, 3.63) is 37.7 Å². The highest BCUT2D eigenvalue weighted by Crippen LogP contribution is 2.34. The van der Waals surface area contributed by atoms with Gasteiger partial charge in [0, 0.05) is 48.5 Å². The molecule has 29 heavy (non-hydrogen) atoms. The van der Waals surface area contributed by atoms with E-state index in [1.807, 2.05) is 12.1 Å². The number of halogens is 3. The highest BCUT2D eigenvalue weighted by Gasteiger charge is 2.21. The number of nitrogens with one attached hydrogen (secondary N) is 1. The molecule has 2 rings (SSSR count). The van der Waals surface area contributed by atoms with Crippen molar-refractivity contribution >= 4 is 81.4 Å². The maximum Gasteiger partial charge on any atom is 0.260 e. The van der Waals surface area contributed by atoms with Crippen molar-refractivity contribution < 1.29 is 9.59 Å². The van der Waals surface area contributed by atoms with Crippen LogP contribution in [0, 0.1) is 0 Å². The van der Waals surface area contributed by atoms with Crippen molar-refractivity contribution in [3.63, 3.8) is 0 Å². The fourth-order valence-corrected chi connectivity index (χ4v) is 4.11. The lowest BCUT2D eigenvalue weighted by atomic mass is 10.2. The monoisotopic (exact) mass is 494 g/mol. The quantitative estimate of drug-likeness (QED) is 0.355. The summed E-state index contributed by atoms with van der Waals surface area (Å²) >= 11 is 24.4. The van der Waals surface area contributed by atoms with Gasteiger partial charge in [-0.25, -0.2) is 5.01 Å². The summed E-state index contributed by atoms with van der Waals surface area (Å²) in [7, 11) is 3.58. The molecule has 1 aliphatic rings. The van der Waals surface area contributed by atoms with Crippen LogP contribution < -0.4 is 5.43 Å². The van der Waals surface area contributed by atoms with Gasteiger partial charge < -0.3 is 9.80 Å². The van der Waals surface area contributed by atoms with E-state index in [9.17, 15) is 9.59 Å². The van der Waals surface area contributed by atoms with E-state index >= 15 is 0 Å². The van der Waals surface area contributed by atoms with Gasteiger partial charge in [-0.15, -0.1) is 0 Å². The number of hydrogen-bond acceptors (Lipinski definition) is 6. The number of amides is 2. The van der Waals surface area contributed by atoms with Crippen molar-refractivity contribution in [2.75, 3.05) is 46.8 Å². The van der Waals surface area contributed by atoms with Crippen LogP contribution in [0.1, 0.15) is 5.56 Å². The molecule has 0 atom stereocenters. The standard InChI is InChI=1S/C18H21Cl3N4O2S2/c1-23-5-7-25(8-6-23)22-16(26)10-24(2)18(27)15(29-11-28)9-12-13(19)3-4-14(20)17(12)21/h3-4,9,11H,5-8,10H2,1-2H3,(H,22,26)/b15-9-. The Balaban J connectivity index is 2.09. The lowest BCUT2D eigenvalue weighted by Crippen LogP contribution is -2.54. The molecule has 0 unspecified atom stereocenters. The van der Waals surface area contributed by atoms with Gasteiger partial charge in [-0.2, -0.15) is 0 Å². The molecule has 1 aromatic rings. The SMILES string of the molecule is CN1CCN(NC(=O)CN(C)C(=O)/C(=C/c2c(Cl)ccc(Cl)c2Cl)SC=S)CC1. The maximum atomic E-state index is 12.9. The first-order valence-corrected chi connectivity index (χ1v) is 11.2. The van der Waals surface area contributed by atoms with Crippen LogP contribution in [0.2, 0.25) is 15.1 Å². The van der Waals surface area contributed by atoms with E-state index < -0.39 is 0 Å². The lowest BCUT2D eigenvalue weighted by molar-refractivity contribution is -0.134. The number of carbonyl (C=O) groups is 2. The van der Waals surface area contributed by atoms with Gasteiger partial charge in [0.1, 0.15) is 6.54 Å². The fraction of sp³-hybridized carbons (Fsp3) is 0.389. The molecule has 0 saturated carbocycles. The van der Waals surface area contributed by atoms with Crippen LogP contribution in [0.5, 0.6) is 0 Å². The number of hydrazine groups is 1. The first-order valence-electron chi connectivity index (χ1n) is 8.67. The third kappa shape index (κ3) is 7.10.